The lowest BCUT2D eigenvalue weighted by Gasteiger charge is -2.12. The summed E-state index contributed by atoms with van der Waals surface area (Å²) in [5, 5.41) is 17.7. The van der Waals surface area contributed by atoms with Crippen LogP contribution >= 0.6 is 7.82 Å². The molecule has 2 aromatic heterocycles. The molecule has 0 radical (unpaired) electrons. The highest BCUT2D eigenvalue weighted by molar-refractivity contribution is 7.45. The van der Waals surface area contributed by atoms with E-state index >= 15 is 0 Å². The van der Waals surface area contributed by atoms with Gasteiger partial charge in [0, 0.05) is 0 Å². The van der Waals surface area contributed by atoms with Crippen LogP contribution < -0.4 is 11.3 Å². The van der Waals surface area contributed by atoms with Crippen molar-refractivity contribution < 1.29 is 34.2 Å². The summed E-state index contributed by atoms with van der Waals surface area (Å²) in [6.07, 6.45) is 0.680. The molecule has 0 saturated heterocycles. The van der Waals surface area contributed by atoms with Crippen LogP contribution in [-0.4, -0.2) is 63.7 Å². The number of nitrogens with zero attached hydrogens (tertiary/aromatic N) is 3. The van der Waals surface area contributed by atoms with Crippen LogP contribution in [0.2, 0.25) is 0 Å². The average Bonchev–Trinajstić information content (AvgIpc) is 2.81. The number of nitrogens with two attached hydrogens (primary N) is 1. The molecule has 2 aromatic rings. The second kappa shape index (κ2) is 8.12. The molecule has 0 spiro atoms. The lowest BCUT2D eigenvalue weighted by Crippen LogP contribution is -2.23. The van der Waals surface area contributed by atoms with E-state index in [4.69, 9.17) is 39.9 Å². The molecule has 0 fully saturated rings. The van der Waals surface area contributed by atoms with Gasteiger partial charge in [-0.3, -0.25) is 14.3 Å². The minimum Gasteiger partial charge on any atom is -0.394 e. The minimum absolute atomic E-state index is 0.00181. The Hall–Kier alpha value is -1.86. The van der Waals surface area contributed by atoms with Gasteiger partial charge in [-0.15, -0.1) is 0 Å². The van der Waals surface area contributed by atoms with Crippen LogP contribution in [0.3, 0.4) is 0 Å². The van der Waals surface area contributed by atoms with Gasteiger partial charge in [-0.05, 0) is 0 Å². The maximum absolute atomic E-state index is 11.5. The molecule has 0 amide bonds. The molecule has 0 saturated carbocycles. The topological polar surface area (TPSA) is 217 Å². The number of fused-ring (bicyclic) bond motifs is 1. The fourth-order valence-corrected chi connectivity index (χ4v) is 1.41. The van der Waals surface area contributed by atoms with Gasteiger partial charge in [0.05, 0.1) is 19.5 Å². The fourth-order valence-electron chi connectivity index (χ4n) is 1.41. The number of H-pyrrole nitrogens is 1. The number of aromatic amines is 1. The second-order valence-electron chi connectivity index (χ2n) is 4.13. The maximum atomic E-state index is 11.5. The molecule has 130 valence electrons. The molecule has 0 aliphatic carbocycles. The first-order chi connectivity index (χ1) is 10.7. The quantitative estimate of drug-likeness (QED) is 0.270. The number of nitrogens with one attached hydrogen (secondary N) is 1. The summed E-state index contributed by atoms with van der Waals surface area (Å²) in [5.41, 5.74) is 5.43. The Morgan fingerprint density at radius 2 is 1.91 bits per heavy atom. The van der Waals surface area contributed by atoms with Gasteiger partial charge in [0.2, 0.25) is 5.95 Å². The van der Waals surface area contributed by atoms with Gasteiger partial charge in [0.1, 0.15) is 12.8 Å². The zero-order valence-corrected chi connectivity index (χ0v) is 12.5. The monoisotopic (exact) mass is 353 g/mol. The Labute approximate surface area is 128 Å². The summed E-state index contributed by atoms with van der Waals surface area (Å²) in [7, 11) is -4.64. The van der Waals surface area contributed by atoms with E-state index in [1.165, 1.54) is 10.9 Å². The van der Waals surface area contributed by atoms with Crippen LogP contribution in [0.5, 0.6) is 0 Å². The van der Waals surface area contributed by atoms with Crippen molar-refractivity contribution in [2.45, 2.75) is 12.8 Å². The highest BCUT2D eigenvalue weighted by atomic mass is 31.2. The number of aromatic nitrogens is 4. The van der Waals surface area contributed by atoms with Gasteiger partial charge < -0.3 is 35.4 Å². The first-order valence-corrected chi connectivity index (χ1v) is 7.54. The molecule has 0 atom stereocenters. The summed E-state index contributed by atoms with van der Waals surface area (Å²) in [6.45, 7) is -0.614. The van der Waals surface area contributed by atoms with E-state index < -0.39 is 19.5 Å². The second-order valence-corrected chi connectivity index (χ2v) is 5.16. The molecule has 14 heteroatoms. The lowest BCUT2D eigenvalue weighted by molar-refractivity contribution is -0.0488. The third-order valence-electron chi connectivity index (χ3n) is 2.35. The number of aliphatic hydroxyl groups is 2. The zero-order valence-electron chi connectivity index (χ0n) is 11.6. The number of aliphatic hydroxyl groups excluding tert-OH is 2. The predicted octanol–water partition coefficient (Wildman–Crippen LogP) is -2.90. The Morgan fingerprint density at radius 3 is 2.43 bits per heavy atom. The first-order valence-electron chi connectivity index (χ1n) is 5.98. The number of phosphoric acid groups is 1. The van der Waals surface area contributed by atoms with Crippen LogP contribution in [0.4, 0.5) is 5.95 Å². The van der Waals surface area contributed by atoms with E-state index in [2.05, 4.69) is 15.0 Å². The molecular formula is C9H16N5O8P. The number of anilines is 1. The van der Waals surface area contributed by atoms with Crippen molar-refractivity contribution in [1.82, 2.24) is 19.5 Å². The molecule has 0 aliphatic heterocycles. The molecule has 0 bridgehead atoms. The van der Waals surface area contributed by atoms with Crippen molar-refractivity contribution in [2.24, 2.45) is 0 Å². The average molecular weight is 353 g/mol. The Kier molecular flexibility index (Phi) is 6.78. The van der Waals surface area contributed by atoms with E-state index in [0.29, 0.717) is 0 Å². The summed E-state index contributed by atoms with van der Waals surface area (Å²) in [6, 6.07) is 0. The van der Waals surface area contributed by atoms with Crippen molar-refractivity contribution in [1.29, 1.82) is 0 Å². The molecule has 0 unspecified atom stereocenters. The normalized spacial score (nSPS) is 11.6. The third kappa shape index (κ3) is 6.42. The van der Waals surface area contributed by atoms with E-state index in [9.17, 15) is 4.79 Å². The fraction of sp³-hybridized carbons (Fsp3) is 0.444. The Morgan fingerprint density at radius 1 is 1.35 bits per heavy atom. The number of rotatable bonds is 5. The van der Waals surface area contributed by atoms with Crippen LogP contribution in [0.1, 0.15) is 0 Å². The van der Waals surface area contributed by atoms with E-state index in [0.717, 1.165) is 0 Å². The van der Waals surface area contributed by atoms with Gasteiger partial charge in [-0.1, -0.05) is 0 Å². The lowest BCUT2D eigenvalue weighted by atomic mass is 10.4. The van der Waals surface area contributed by atoms with Crippen molar-refractivity contribution in [3.05, 3.63) is 16.7 Å². The van der Waals surface area contributed by atoms with E-state index in [1.54, 1.807) is 0 Å². The van der Waals surface area contributed by atoms with Crippen molar-refractivity contribution in [3.8, 4) is 0 Å². The van der Waals surface area contributed by atoms with Gasteiger partial charge in [0.15, 0.2) is 11.2 Å². The summed E-state index contributed by atoms with van der Waals surface area (Å²) in [4.78, 5) is 43.2. The molecule has 23 heavy (non-hydrogen) atoms. The summed E-state index contributed by atoms with van der Waals surface area (Å²) in [5.74, 6) is -0.0184. The van der Waals surface area contributed by atoms with Crippen LogP contribution in [-0.2, 0) is 16.0 Å². The standard InChI is InChI=1S/C9H13N5O4.H3O4P/c10-9-12-7-6(8(17)13-9)11-3-14(7)4-18-5(1-15)2-16;1-5(2,3)4/h3,5,15-16H,1-2,4H2,(H3,10,12,13,17);(H3,1,2,3,4). The molecule has 8 N–H and O–H groups in total. The SMILES string of the molecule is Nc1nc2c(ncn2COC(CO)CO)c(=O)[nH]1.O=P(O)(O)O. The van der Waals surface area contributed by atoms with E-state index in [-0.39, 0.29) is 37.1 Å². The van der Waals surface area contributed by atoms with Gasteiger partial charge >= 0.3 is 7.82 Å². The van der Waals surface area contributed by atoms with Gasteiger partial charge in [0.25, 0.3) is 5.56 Å². The van der Waals surface area contributed by atoms with Crippen molar-refractivity contribution in [3.63, 3.8) is 0 Å². The van der Waals surface area contributed by atoms with Crippen LogP contribution in [0.25, 0.3) is 11.2 Å². The van der Waals surface area contributed by atoms with Crippen LogP contribution in [0.15, 0.2) is 11.1 Å². The molecule has 0 aromatic carbocycles. The Balaban J connectivity index is 0.000000463. The van der Waals surface area contributed by atoms with E-state index in [1.807, 2.05) is 0 Å². The third-order valence-corrected chi connectivity index (χ3v) is 2.35. The molecule has 2 rings (SSSR count). The van der Waals surface area contributed by atoms with Gasteiger partial charge in [-0.25, -0.2) is 9.55 Å². The van der Waals surface area contributed by atoms with Crippen LogP contribution in [0, 0.1) is 0 Å². The predicted molar refractivity (Wildman–Crippen MR) is 75.9 cm³/mol. The smallest absolute Gasteiger partial charge is 0.394 e. The number of nitrogen functional groups attached to an aromatic ring is 1. The maximum Gasteiger partial charge on any atom is 0.466 e. The molecular weight excluding hydrogens is 337 g/mol. The minimum atomic E-state index is -4.64. The van der Waals surface area contributed by atoms with Crippen molar-refractivity contribution in [2.75, 3.05) is 18.9 Å². The Bertz CT molecular complexity index is 727. The number of hydrogen-bond donors (Lipinski definition) is 7. The van der Waals surface area contributed by atoms with Gasteiger partial charge in [-0.2, -0.15) is 4.98 Å². The molecule has 2 heterocycles. The van der Waals surface area contributed by atoms with Crippen molar-refractivity contribution >= 4 is 24.9 Å². The molecule has 13 nitrogen and oxygen atoms in total. The summed E-state index contributed by atoms with van der Waals surface area (Å²) < 4.78 is 15.5. The zero-order chi connectivity index (χ0) is 17.6. The largest absolute Gasteiger partial charge is 0.466 e. The summed E-state index contributed by atoms with van der Waals surface area (Å²) >= 11 is 0. The highest BCUT2D eigenvalue weighted by Gasteiger charge is 2.11. The molecule has 0 aliphatic rings. The highest BCUT2D eigenvalue weighted by Crippen LogP contribution is 2.25. The first kappa shape index (κ1) is 19.2. The number of imidazole rings is 1. The number of hydrogen-bond acceptors (Lipinski definition) is 8. The number of ether oxygens (including phenoxy) is 1.